The van der Waals surface area contributed by atoms with Crippen LogP contribution in [0.3, 0.4) is 0 Å². The number of hydrogen-bond acceptors (Lipinski definition) is 9. The highest BCUT2D eigenvalue weighted by Gasteiger charge is 2.33. The fourth-order valence-electron chi connectivity index (χ4n) is 5.60. The standard InChI is InChI=1S/C32H43N5O7/c1-8-43-25-15-20-16-37(29(33)26(20)35-27(25)30(39)34-6)17-24(38)19-13-22(32(3,4)5)28(42-7)23(14-19)36-11-9-21(10-12-36)44-18(2)31(40)41/h13-15,18,21,33H,8-12,16-17H2,1-7H3,(H,34,39)(H,40,41). The summed E-state index contributed by atoms with van der Waals surface area (Å²) in [6, 6.07) is 5.44. The van der Waals surface area contributed by atoms with Crippen molar-refractivity contribution in [3.05, 3.63) is 46.3 Å². The molecule has 12 heteroatoms. The van der Waals surface area contributed by atoms with Crippen molar-refractivity contribution in [2.75, 3.05) is 45.3 Å². The molecule has 3 heterocycles. The van der Waals surface area contributed by atoms with E-state index >= 15 is 0 Å². The minimum absolute atomic E-state index is 0.0488. The van der Waals surface area contributed by atoms with E-state index in [1.165, 1.54) is 14.0 Å². The number of hydrogen-bond donors (Lipinski definition) is 3. The molecule has 1 aromatic carbocycles. The number of carbonyl (C=O) groups is 3. The highest BCUT2D eigenvalue weighted by atomic mass is 16.5. The minimum Gasteiger partial charge on any atom is -0.494 e. The van der Waals surface area contributed by atoms with Gasteiger partial charge in [-0.3, -0.25) is 15.0 Å². The number of carboxylic acid groups (broad SMARTS) is 1. The summed E-state index contributed by atoms with van der Waals surface area (Å²) < 4.78 is 17.3. The maximum absolute atomic E-state index is 13.9. The number of aromatic nitrogens is 1. The van der Waals surface area contributed by atoms with Crippen LogP contribution in [0.5, 0.6) is 11.5 Å². The van der Waals surface area contributed by atoms with Crippen LogP contribution >= 0.6 is 0 Å². The number of rotatable bonds is 11. The number of piperidine rings is 1. The number of amides is 1. The smallest absolute Gasteiger partial charge is 0.332 e. The molecule has 3 N–H and O–H groups in total. The SMILES string of the molecule is CCOc1cc2c(nc1C(=O)NC)C(=N)N(CC(=O)c1cc(N3CCC(OC(C)C(=O)O)CC3)c(OC)c(C(C)(C)C)c1)C2. The van der Waals surface area contributed by atoms with Crippen molar-refractivity contribution < 1.29 is 33.7 Å². The van der Waals surface area contributed by atoms with Crippen molar-refractivity contribution >= 4 is 29.2 Å². The number of anilines is 1. The van der Waals surface area contributed by atoms with Crippen molar-refractivity contribution in [2.24, 2.45) is 0 Å². The van der Waals surface area contributed by atoms with E-state index in [1.807, 2.05) is 19.1 Å². The predicted octanol–water partition coefficient (Wildman–Crippen LogP) is 3.63. The third kappa shape index (κ3) is 6.80. The Kier molecular flexibility index (Phi) is 9.82. The number of carbonyl (C=O) groups excluding carboxylic acids is 2. The van der Waals surface area contributed by atoms with Crippen LogP contribution in [-0.2, 0) is 21.5 Å². The second kappa shape index (κ2) is 13.2. The van der Waals surface area contributed by atoms with Crippen LogP contribution in [0.1, 0.15) is 85.1 Å². The molecule has 2 aromatic rings. The Labute approximate surface area is 258 Å². The fourth-order valence-corrected chi connectivity index (χ4v) is 5.60. The number of benzene rings is 1. The van der Waals surface area contributed by atoms with E-state index < -0.39 is 18.0 Å². The summed E-state index contributed by atoms with van der Waals surface area (Å²) in [6.45, 7) is 11.4. The van der Waals surface area contributed by atoms with E-state index in [9.17, 15) is 19.5 Å². The number of nitrogens with zero attached hydrogens (tertiary/aromatic N) is 3. The average Bonchev–Trinajstić information content (AvgIpc) is 3.28. The largest absolute Gasteiger partial charge is 0.494 e. The molecule has 12 nitrogen and oxygen atoms in total. The molecule has 0 saturated carbocycles. The topological polar surface area (TPSA) is 154 Å². The van der Waals surface area contributed by atoms with Gasteiger partial charge in [-0.2, -0.15) is 0 Å². The first-order chi connectivity index (χ1) is 20.8. The van der Waals surface area contributed by atoms with Crippen molar-refractivity contribution in [1.29, 1.82) is 5.41 Å². The summed E-state index contributed by atoms with van der Waals surface area (Å²) in [6.07, 6.45) is 0.240. The molecule has 1 atom stereocenters. The molecule has 0 bridgehead atoms. The van der Waals surface area contributed by atoms with Crippen LogP contribution in [-0.4, -0.2) is 91.1 Å². The lowest BCUT2D eigenvalue weighted by Gasteiger charge is -2.36. The Morgan fingerprint density at radius 1 is 1.18 bits per heavy atom. The highest BCUT2D eigenvalue weighted by Crippen LogP contribution is 2.41. The van der Waals surface area contributed by atoms with Crippen molar-refractivity contribution in [3.8, 4) is 11.5 Å². The first-order valence-electron chi connectivity index (χ1n) is 14.9. The van der Waals surface area contributed by atoms with Gasteiger partial charge in [-0.15, -0.1) is 0 Å². The third-order valence-electron chi connectivity index (χ3n) is 7.98. The van der Waals surface area contributed by atoms with Crippen LogP contribution < -0.4 is 19.7 Å². The van der Waals surface area contributed by atoms with E-state index in [0.29, 0.717) is 67.4 Å². The number of methoxy groups -OCH3 is 1. The Morgan fingerprint density at radius 3 is 2.43 bits per heavy atom. The van der Waals surface area contributed by atoms with E-state index in [2.05, 4.69) is 36.0 Å². The number of aliphatic carboxylic acids is 1. The quantitative estimate of drug-likeness (QED) is 0.322. The van der Waals surface area contributed by atoms with Crippen LogP contribution in [0.2, 0.25) is 0 Å². The molecule has 238 valence electrons. The van der Waals surface area contributed by atoms with Gasteiger partial charge < -0.3 is 34.4 Å². The van der Waals surface area contributed by atoms with Gasteiger partial charge in [-0.25, -0.2) is 9.78 Å². The van der Waals surface area contributed by atoms with Gasteiger partial charge in [-0.1, -0.05) is 20.8 Å². The van der Waals surface area contributed by atoms with Crippen LogP contribution in [0.25, 0.3) is 0 Å². The summed E-state index contributed by atoms with van der Waals surface area (Å²) in [5, 5.41) is 20.6. The third-order valence-corrected chi connectivity index (χ3v) is 7.98. The summed E-state index contributed by atoms with van der Waals surface area (Å²) in [4.78, 5) is 45.8. The summed E-state index contributed by atoms with van der Waals surface area (Å²) in [5.74, 6) is -0.449. The maximum atomic E-state index is 13.9. The normalized spacial score (nSPS) is 16.0. The van der Waals surface area contributed by atoms with Gasteiger partial charge in [0.05, 0.1) is 32.1 Å². The zero-order chi connectivity index (χ0) is 32.3. The maximum Gasteiger partial charge on any atom is 0.332 e. The van der Waals surface area contributed by atoms with Gasteiger partial charge in [0, 0.05) is 43.4 Å². The summed E-state index contributed by atoms with van der Waals surface area (Å²) >= 11 is 0. The number of nitrogens with one attached hydrogen (secondary N) is 2. The average molecular weight is 610 g/mol. The molecule has 1 fully saturated rings. The van der Waals surface area contributed by atoms with Gasteiger partial charge in [-0.05, 0) is 50.3 Å². The summed E-state index contributed by atoms with van der Waals surface area (Å²) in [5.41, 5.74) is 3.03. The lowest BCUT2D eigenvalue weighted by molar-refractivity contribution is -0.153. The minimum atomic E-state index is -0.985. The number of ether oxygens (including phenoxy) is 3. The van der Waals surface area contributed by atoms with E-state index in [-0.39, 0.29) is 35.4 Å². The molecule has 0 radical (unpaired) electrons. The second-order valence-corrected chi connectivity index (χ2v) is 12.1. The molecule has 44 heavy (non-hydrogen) atoms. The Balaban J connectivity index is 1.60. The Bertz CT molecular complexity index is 1440. The fraction of sp³-hybridized carbons (Fsp3) is 0.531. The molecule has 1 aromatic heterocycles. The van der Waals surface area contributed by atoms with Crippen molar-refractivity contribution in [1.82, 2.24) is 15.2 Å². The van der Waals surface area contributed by atoms with Gasteiger partial charge in [0.2, 0.25) is 0 Å². The van der Waals surface area contributed by atoms with Crippen molar-refractivity contribution in [2.45, 2.75) is 71.6 Å². The van der Waals surface area contributed by atoms with Crippen LogP contribution in [0.15, 0.2) is 18.2 Å². The highest BCUT2D eigenvalue weighted by molar-refractivity contribution is 6.06. The molecule has 2 aliphatic rings. The lowest BCUT2D eigenvalue weighted by atomic mass is 9.84. The lowest BCUT2D eigenvalue weighted by Crippen LogP contribution is -2.39. The molecule has 2 aliphatic heterocycles. The van der Waals surface area contributed by atoms with Gasteiger partial charge in [0.1, 0.15) is 17.3 Å². The number of pyridine rings is 1. The van der Waals surface area contributed by atoms with Gasteiger partial charge in [0.25, 0.3) is 5.91 Å². The second-order valence-electron chi connectivity index (χ2n) is 12.1. The molecule has 0 aliphatic carbocycles. The number of ketones is 1. The van der Waals surface area contributed by atoms with E-state index in [1.54, 1.807) is 18.1 Å². The molecule has 1 unspecified atom stereocenters. The monoisotopic (exact) mass is 609 g/mol. The number of fused-ring (bicyclic) bond motifs is 1. The first-order valence-corrected chi connectivity index (χ1v) is 14.9. The molecule has 1 saturated heterocycles. The van der Waals surface area contributed by atoms with Gasteiger partial charge in [0.15, 0.2) is 23.3 Å². The molecular formula is C32H43N5O7. The number of amidine groups is 1. The van der Waals surface area contributed by atoms with E-state index in [0.717, 1.165) is 11.3 Å². The van der Waals surface area contributed by atoms with E-state index in [4.69, 9.17) is 19.6 Å². The molecule has 4 rings (SSSR count). The number of carboxylic acids is 1. The molecule has 1 amide bonds. The first kappa shape index (κ1) is 32.7. The Morgan fingerprint density at radius 2 is 1.86 bits per heavy atom. The number of Topliss-reactive ketones (excluding diaryl/α,β-unsaturated/α-hetero) is 1. The summed E-state index contributed by atoms with van der Waals surface area (Å²) in [7, 11) is 3.13. The van der Waals surface area contributed by atoms with Gasteiger partial charge >= 0.3 is 5.97 Å². The zero-order valence-corrected chi connectivity index (χ0v) is 26.6. The molecular weight excluding hydrogens is 566 g/mol. The zero-order valence-electron chi connectivity index (χ0n) is 26.6. The molecule has 0 spiro atoms. The predicted molar refractivity (Wildman–Crippen MR) is 165 cm³/mol. The van der Waals surface area contributed by atoms with Crippen LogP contribution in [0, 0.1) is 5.41 Å². The Hall–Kier alpha value is -4.19. The van der Waals surface area contributed by atoms with Crippen LogP contribution in [0.4, 0.5) is 5.69 Å². The van der Waals surface area contributed by atoms with Crippen molar-refractivity contribution in [3.63, 3.8) is 0 Å².